The topological polar surface area (TPSA) is 90.1 Å². The van der Waals surface area contributed by atoms with E-state index in [4.69, 9.17) is 9.26 Å². The molecule has 2 aromatic heterocycles. The van der Waals surface area contributed by atoms with Crippen molar-refractivity contribution >= 4 is 11.8 Å². The van der Waals surface area contributed by atoms with Crippen LogP contribution in [0.4, 0.5) is 14.7 Å². The molecular weight excluding hydrogens is 406 g/mol. The molecule has 0 aliphatic heterocycles. The van der Waals surface area contributed by atoms with E-state index in [1.165, 1.54) is 25.7 Å². The summed E-state index contributed by atoms with van der Waals surface area (Å²) in [5, 5.41) is 6.56. The van der Waals surface area contributed by atoms with Gasteiger partial charge in [-0.3, -0.25) is 10.1 Å². The van der Waals surface area contributed by atoms with Gasteiger partial charge in [0.05, 0.1) is 24.8 Å². The summed E-state index contributed by atoms with van der Waals surface area (Å²) in [6, 6.07) is 11.7. The smallest absolute Gasteiger partial charge is 0.241 e. The Labute approximate surface area is 175 Å². The van der Waals surface area contributed by atoms with E-state index in [-0.39, 0.29) is 35.0 Å². The van der Waals surface area contributed by atoms with Crippen LogP contribution >= 0.6 is 0 Å². The second kappa shape index (κ2) is 8.70. The predicted molar refractivity (Wildman–Crippen MR) is 108 cm³/mol. The molecule has 0 saturated carbocycles. The van der Waals surface area contributed by atoms with Gasteiger partial charge in [-0.05, 0) is 35.9 Å². The number of rotatable bonds is 6. The SMILES string of the molecule is COc1cccc(CC(=O)Nc2onc(-c3ccc(F)cc3F)c2-c2ccncn2)c1. The second-order valence-electron chi connectivity index (χ2n) is 6.53. The first-order valence-corrected chi connectivity index (χ1v) is 9.19. The zero-order valence-electron chi connectivity index (χ0n) is 16.3. The fourth-order valence-corrected chi connectivity index (χ4v) is 3.06. The number of nitrogens with zero attached hydrogens (tertiary/aromatic N) is 3. The third kappa shape index (κ3) is 4.40. The number of anilines is 1. The lowest BCUT2D eigenvalue weighted by molar-refractivity contribution is -0.115. The second-order valence-corrected chi connectivity index (χ2v) is 6.53. The van der Waals surface area contributed by atoms with Crippen LogP contribution < -0.4 is 10.1 Å². The van der Waals surface area contributed by atoms with Gasteiger partial charge in [0.15, 0.2) is 0 Å². The number of amides is 1. The van der Waals surface area contributed by atoms with Crippen LogP contribution in [0.1, 0.15) is 5.56 Å². The summed E-state index contributed by atoms with van der Waals surface area (Å²) in [5.41, 5.74) is 1.42. The molecule has 2 heterocycles. The van der Waals surface area contributed by atoms with Gasteiger partial charge in [-0.1, -0.05) is 17.3 Å². The van der Waals surface area contributed by atoms with Crippen molar-refractivity contribution in [3.05, 3.63) is 78.3 Å². The first-order chi connectivity index (χ1) is 15.0. The number of nitrogens with one attached hydrogen (secondary N) is 1. The van der Waals surface area contributed by atoms with Gasteiger partial charge in [-0.25, -0.2) is 18.7 Å². The number of halogens is 2. The number of carbonyl (C=O) groups is 1. The molecule has 0 saturated heterocycles. The van der Waals surface area contributed by atoms with Crippen molar-refractivity contribution < 1.29 is 22.8 Å². The molecule has 0 aliphatic carbocycles. The first kappa shape index (κ1) is 20.1. The molecule has 0 bridgehead atoms. The van der Waals surface area contributed by atoms with Crippen LogP contribution in [0, 0.1) is 11.6 Å². The van der Waals surface area contributed by atoms with Crippen LogP contribution in [-0.4, -0.2) is 28.1 Å². The van der Waals surface area contributed by atoms with E-state index in [1.54, 1.807) is 30.3 Å². The van der Waals surface area contributed by atoms with Gasteiger partial charge in [0.2, 0.25) is 11.8 Å². The lowest BCUT2D eigenvalue weighted by atomic mass is 10.0. The number of methoxy groups -OCH3 is 1. The van der Waals surface area contributed by atoms with E-state index in [1.807, 2.05) is 0 Å². The standard InChI is InChI=1S/C22H16F2N4O3/c1-30-15-4-2-3-13(9-15)10-19(29)27-22-20(18-7-8-25-12-26-18)21(28-31-22)16-6-5-14(23)11-17(16)24/h2-9,11-12H,10H2,1H3,(H,27,29). The van der Waals surface area contributed by atoms with E-state index in [0.717, 1.165) is 17.7 Å². The molecule has 0 atom stereocenters. The largest absolute Gasteiger partial charge is 0.497 e. The van der Waals surface area contributed by atoms with E-state index >= 15 is 0 Å². The quantitative estimate of drug-likeness (QED) is 0.499. The maximum absolute atomic E-state index is 14.4. The van der Waals surface area contributed by atoms with Crippen molar-refractivity contribution in [1.82, 2.24) is 15.1 Å². The zero-order chi connectivity index (χ0) is 21.8. The van der Waals surface area contributed by atoms with Gasteiger partial charge >= 0.3 is 0 Å². The Morgan fingerprint density at radius 2 is 2.03 bits per heavy atom. The van der Waals surface area contributed by atoms with Gasteiger partial charge in [0.25, 0.3) is 0 Å². The average Bonchev–Trinajstić information content (AvgIpc) is 3.17. The summed E-state index contributed by atoms with van der Waals surface area (Å²) in [5.74, 6) is -1.31. The number of carbonyl (C=O) groups excluding carboxylic acids is 1. The fourth-order valence-electron chi connectivity index (χ4n) is 3.06. The summed E-state index contributed by atoms with van der Waals surface area (Å²) in [6.07, 6.45) is 2.83. The Kier molecular flexibility index (Phi) is 5.65. The van der Waals surface area contributed by atoms with E-state index < -0.39 is 11.6 Å². The first-order valence-electron chi connectivity index (χ1n) is 9.19. The molecule has 4 aromatic rings. The third-order valence-corrected chi connectivity index (χ3v) is 4.47. The molecule has 7 nitrogen and oxygen atoms in total. The summed E-state index contributed by atoms with van der Waals surface area (Å²) >= 11 is 0. The monoisotopic (exact) mass is 422 g/mol. The average molecular weight is 422 g/mol. The van der Waals surface area contributed by atoms with E-state index in [9.17, 15) is 13.6 Å². The number of ether oxygens (including phenoxy) is 1. The van der Waals surface area contributed by atoms with E-state index in [0.29, 0.717) is 11.4 Å². The highest BCUT2D eigenvalue weighted by Crippen LogP contribution is 2.37. The van der Waals surface area contributed by atoms with Crippen molar-refractivity contribution in [2.75, 3.05) is 12.4 Å². The zero-order valence-corrected chi connectivity index (χ0v) is 16.3. The van der Waals surface area contributed by atoms with Crippen molar-refractivity contribution in [3.63, 3.8) is 0 Å². The summed E-state index contributed by atoms with van der Waals surface area (Å²) in [6.45, 7) is 0. The maximum Gasteiger partial charge on any atom is 0.241 e. The molecule has 31 heavy (non-hydrogen) atoms. The molecule has 0 spiro atoms. The Hall–Kier alpha value is -4.14. The Morgan fingerprint density at radius 1 is 1.16 bits per heavy atom. The lowest BCUT2D eigenvalue weighted by Gasteiger charge is -2.07. The summed E-state index contributed by atoms with van der Waals surface area (Å²) in [7, 11) is 1.54. The van der Waals surface area contributed by atoms with Gasteiger partial charge in [0.1, 0.15) is 29.4 Å². The van der Waals surface area contributed by atoms with Crippen LogP contribution in [0.3, 0.4) is 0 Å². The fraction of sp³-hybridized carbons (Fsp3) is 0.0909. The molecule has 0 fully saturated rings. The highest BCUT2D eigenvalue weighted by Gasteiger charge is 2.24. The van der Waals surface area contributed by atoms with Crippen molar-refractivity contribution in [1.29, 1.82) is 0 Å². The number of benzene rings is 2. The van der Waals surface area contributed by atoms with Crippen molar-refractivity contribution in [2.24, 2.45) is 0 Å². The Morgan fingerprint density at radius 3 is 2.77 bits per heavy atom. The molecule has 156 valence electrons. The molecule has 1 N–H and O–H groups in total. The minimum absolute atomic E-state index is 0.00653. The highest BCUT2D eigenvalue weighted by molar-refractivity contribution is 5.97. The summed E-state index contributed by atoms with van der Waals surface area (Å²) < 4.78 is 38.2. The van der Waals surface area contributed by atoms with Gasteiger partial charge in [0, 0.05) is 17.8 Å². The van der Waals surface area contributed by atoms with Gasteiger partial charge in [-0.2, -0.15) is 0 Å². The summed E-state index contributed by atoms with van der Waals surface area (Å²) in [4.78, 5) is 20.6. The molecular formula is C22H16F2N4O3. The number of hydrogen-bond acceptors (Lipinski definition) is 6. The number of aromatic nitrogens is 3. The Balaban J connectivity index is 1.69. The minimum Gasteiger partial charge on any atom is -0.497 e. The molecule has 4 rings (SSSR count). The molecule has 0 radical (unpaired) electrons. The molecule has 2 aromatic carbocycles. The van der Waals surface area contributed by atoms with E-state index in [2.05, 4.69) is 20.4 Å². The third-order valence-electron chi connectivity index (χ3n) is 4.47. The van der Waals surface area contributed by atoms with Crippen LogP contribution in [0.15, 0.2) is 65.6 Å². The van der Waals surface area contributed by atoms with Gasteiger partial charge < -0.3 is 9.26 Å². The molecule has 9 heteroatoms. The van der Waals surface area contributed by atoms with Crippen LogP contribution in [0.25, 0.3) is 22.5 Å². The Bertz CT molecular complexity index is 1230. The van der Waals surface area contributed by atoms with Crippen molar-refractivity contribution in [3.8, 4) is 28.3 Å². The maximum atomic E-state index is 14.4. The molecule has 0 unspecified atom stereocenters. The van der Waals surface area contributed by atoms with Crippen molar-refractivity contribution in [2.45, 2.75) is 6.42 Å². The van der Waals surface area contributed by atoms with Crippen LogP contribution in [-0.2, 0) is 11.2 Å². The predicted octanol–water partition coefficient (Wildman–Crippen LogP) is 4.27. The minimum atomic E-state index is -0.821. The molecule has 0 aliphatic rings. The molecule has 1 amide bonds. The lowest BCUT2D eigenvalue weighted by Crippen LogP contribution is -2.14. The normalized spacial score (nSPS) is 10.7. The highest BCUT2D eigenvalue weighted by atomic mass is 19.1. The number of hydrogen-bond donors (Lipinski definition) is 1. The van der Waals surface area contributed by atoms with Crippen LogP contribution in [0.2, 0.25) is 0 Å². The van der Waals surface area contributed by atoms with Gasteiger partial charge in [-0.15, -0.1) is 0 Å². The van der Waals surface area contributed by atoms with Crippen LogP contribution in [0.5, 0.6) is 5.75 Å².